The Kier molecular flexibility index (Phi) is 6.57. The first-order valence-corrected chi connectivity index (χ1v) is 9.76. The van der Waals surface area contributed by atoms with Crippen LogP contribution in [0.2, 0.25) is 10.0 Å². The lowest BCUT2D eigenvalue weighted by molar-refractivity contribution is 0.0697. The lowest BCUT2D eigenvalue weighted by Crippen LogP contribution is -2.24. The van der Waals surface area contributed by atoms with Crippen LogP contribution in [0.15, 0.2) is 59.4 Å². The Bertz CT molecular complexity index is 1130. The molecule has 0 saturated heterocycles. The van der Waals surface area contributed by atoms with Crippen molar-refractivity contribution in [1.82, 2.24) is 4.57 Å². The number of hydrogen-bond donors (Lipinski definition) is 1. The second-order valence-corrected chi connectivity index (χ2v) is 7.50. The second-order valence-electron chi connectivity index (χ2n) is 6.68. The van der Waals surface area contributed by atoms with Crippen molar-refractivity contribution >= 4 is 41.3 Å². The molecular formula is C23H19Cl2NO3. The van der Waals surface area contributed by atoms with E-state index >= 15 is 0 Å². The van der Waals surface area contributed by atoms with Crippen molar-refractivity contribution in [1.29, 1.82) is 0 Å². The highest BCUT2D eigenvalue weighted by molar-refractivity contribution is 6.35. The predicted octanol–water partition coefficient (Wildman–Crippen LogP) is 5.57. The van der Waals surface area contributed by atoms with Crippen LogP contribution in [0.25, 0.3) is 12.2 Å². The van der Waals surface area contributed by atoms with E-state index in [0.29, 0.717) is 23.7 Å². The third kappa shape index (κ3) is 5.17. The van der Waals surface area contributed by atoms with Gasteiger partial charge in [0.05, 0.1) is 16.3 Å². The molecule has 1 heterocycles. The molecule has 0 aliphatic heterocycles. The molecule has 0 radical (unpaired) electrons. The van der Waals surface area contributed by atoms with E-state index < -0.39 is 5.97 Å². The fourth-order valence-corrected chi connectivity index (χ4v) is 3.55. The average Bonchev–Trinajstić information content (AvgIpc) is 2.69. The van der Waals surface area contributed by atoms with Gasteiger partial charge in [0, 0.05) is 6.54 Å². The number of aryl methyl sites for hydroxylation is 2. The van der Waals surface area contributed by atoms with Gasteiger partial charge in [-0.1, -0.05) is 71.2 Å². The molecule has 3 rings (SSSR count). The Balaban J connectivity index is 1.90. The molecule has 0 saturated carbocycles. The maximum Gasteiger partial charge on any atom is 0.335 e. The molecule has 1 aromatic heterocycles. The lowest BCUT2D eigenvalue weighted by Gasteiger charge is -2.13. The number of benzene rings is 2. The van der Waals surface area contributed by atoms with E-state index in [1.807, 2.05) is 43.3 Å². The molecule has 3 aromatic rings. The summed E-state index contributed by atoms with van der Waals surface area (Å²) in [5.74, 6) is -0.974. The maximum atomic E-state index is 12.6. The fraction of sp³-hybridized carbons (Fsp3) is 0.130. The topological polar surface area (TPSA) is 59.3 Å². The number of aromatic nitrogens is 1. The van der Waals surface area contributed by atoms with E-state index in [9.17, 15) is 9.59 Å². The zero-order valence-electron chi connectivity index (χ0n) is 15.7. The molecular weight excluding hydrogens is 409 g/mol. The largest absolute Gasteiger partial charge is 0.478 e. The Morgan fingerprint density at radius 2 is 1.76 bits per heavy atom. The predicted molar refractivity (Wildman–Crippen MR) is 118 cm³/mol. The van der Waals surface area contributed by atoms with Crippen LogP contribution in [-0.4, -0.2) is 15.6 Å². The van der Waals surface area contributed by atoms with Crippen LogP contribution in [0, 0.1) is 6.92 Å². The smallest absolute Gasteiger partial charge is 0.335 e. The van der Waals surface area contributed by atoms with Gasteiger partial charge in [-0.05, 0) is 48.7 Å². The molecule has 4 nitrogen and oxygen atoms in total. The first-order valence-electron chi connectivity index (χ1n) is 9.01. The molecule has 0 aliphatic carbocycles. The summed E-state index contributed by atoms with van der Waals surface area (Å²) in [6.07, 6.45) is 4.24. The maximum absolute atomic E-state index is 12.6. The van der Waals surface area contributed by atoms with Gasteiger partial charge in [-0.3, -0.25) is 4.79 Å². The number of aromatic carboxylic acids is 1. The van der Waals surface area contributed by atoms with E-state index in [1.54, 1.807) is 28.8 Å². The van der Waals surface area contributed by atoms with Gasteiger partial charge in [0.1, 0.15) is 5.02 Å². The Hall–Kier alpha value is -2.82. The molecule has 2 aromatic carbocycles. The van der Waals surface area contributed by atoms with Gasteiger partial charge in [0.15, 0.2) is 0 Å². The van der Waals surface area contributed by atoms with Gasteiger partial charge >= 0.3 is 5.97 Å². The van der Waals surface area contributed by atoms with Crippen LogP contribution in [-0.2, 0) is 13.0 Å². The number of hydrogen-bond acceptors (Lipinski definition) is 2. The van der Waals surface area contributed by atoms with Crippen molar-refractivity contribution in [3.05, 3.63) is 103 Å². The van der Waals surface area contributed by atoms with E-state index in [2.05, 4.69) is 0 Å². The lowest BCUT2D eigenvalue weighted by atomic mass is 10.1. The van der Waals surface area contributed by atoms with E-state index in [1.165, 1.54) is 6.07 Å². The third-order valence-corrected chi connectivity index (χ3v) is 5.11. The van der Waals surface area contributed by atoms with Crippen molar-refractivity contribution in [2.24, 2.45) is 0 Å². The SMILES string of the molecule is Cc1cccc(C=Cc2c(Cl)cc(Cl)c(=O)n2CCc2ccc(C(=O)O)cc2)c1. The van der Waals surface area contributed by atoms with Crippen molar-refractivity contribution in [2.45, 2.75) is 19.9 Å². The molecule has 0 fully saturated rings. The second kappa shape index (κ2) is 9.12. The Morgan fingerprint density at radius 3 is 2.41 bits per heavy atom. The summed E-state index contributed by atoms with van der Waals surface area (Å²) in [5, 5.41) is 9.45. The van der Waals surface area contributed by atoms with Crippen LogP contribution in [0.5, 0.6) is 0 Å². The summed E-state index contributed by atoms with van der Waals surface area (Å²) in [4.78, 5) is 23.6. The van der Waals surface area contributed by atoms with Gasteiger partial charge < -0.3 is 9.67 Å². The zero-order valence-corrected chi connectivity index (χ0v) is 17.2. The standard InChI is InChI=1S/C23H19Cl2NO3/c1-15-3-2-4-17(13-15)7-10-21-19(24)14-20(25)22(27)26(21)12-11-16-5-8-18(9-6-16)23(28)29/h2-10,13-14H,11-12H2,1H3,(H,28,29). The Morgan fingerprint density at radius 1 is 1.03 bits per heavy atom. The van der Waals surface area contributed by atoms with Crippen LogP contribution in [0.1, 0.15) is 32.7 Å². The number of rotatable bonds is 6. The zero-order chi connectivity index (χ0) is 21.0. The third-order valence-electron chi connectivity index (χ3n) is 4.54. The van der Waals surface area contributed by atoms with E-state index in [0.717, 1.165) is 16.7 Å². The van der Waals surface area contributed by atoms with Gasteiger partial charge in [0.25, 0.3) is 5.56 Å². The first kappa shape index (κ1) is 20.9. The number of nitrogens with zero attached hydrogens (tertiary/aromatic N) is 1. The van der Waals surface area contributed by atoms with Crippen molar-refractivity contribution < 1.29 is 9.90 Å². The average molecular weight is 428 g/mol. The quantitative estimate of drug-likeness (QED) is 0.558. The minimum atomic E-state index is -0.974. The number of carboxylic acid groups (broad SMARTS) is 1. The highest BCUT2D eigenvalue weighted by Gasteiger charge is 2.11. The Labute approximate surface area is 178 Å². The first-order chi connectivity index (χ1) is 13.8. The number of carboxylic acids is 1. The summed E-state index contributed by atoms with van der Waals surface area (Å²) >= 11 is 12.4. The summed E-state index contributed by atoms with van der Waals surface area (Å²) in [6, 6.07) is 16.0. The van der Waals surface area contributed by atoms with Crippen molar-refractivity contribution in [3.8, 4) is 0 Å². The molecule has 0 bridgehead atoms. The summed E-state index contributed by atoms with van der Waals surface area (Å²) < 4.78 is 1.54. The summed E-state index contributed by atoms with van der Waals surface area (Å²) in [5.41, 5.74) is 3.52. The van der Waals surface area contributed by atoms with Gasteiger partial charge in [-0.2, -0.15) is 0 Å². The molecule has 148 valence electrons. The molecule has 0 aliphatic rings. The van der Waals surface area contributed by atoms with Gasteiger partial charge in [0.2, 0.25) is 0 Å². The fourth-order valence-electron chi connectivity index (χ4n) is 3.01. The van der Waals surface area contributed by atoms with Crippen LogP contribution in [0.3, 0.4) is 0 Å². The van der Waals surface area contributed by atoms with Gasteiger partial charge in [-0.15, -0.1) is 0 Å². The minimum Gasteiger partial charge on any atom is -0.478 e. The van der Waals surface area contributed by atoms with Crippen LogP contribution < -0.4 is 5.56 Å². The molecule has 1 N–H and O–H groups in total. The monoisotopic (exact) mass is 427 g/mol. The van der Waals surface area contributed by atoms with Crippen LogP contribution in [0.4, 0.5) is 0 Å². The number of pyridine rings is 1. The molecule has 0 spiro atoms. The summed E-state index contributed by atoms with van der Waals surface area (Å²) in [6.45, 7) is 2.37. The van der Waals surface area contributed by atoms with Crippen LogP contribution >= 0.6 is 23.2 Å². The normalized spacial score (nSPS) is 11.1. The summed E-state index contributed by atoms with van der Waals surface area (Å²) in [7, 11) is 0. The van der Waals surface area contributed by atoms with Gasteiger partial charge in [-0.25, -0.2) is 4.79 Å². The van der Waals surface area contributed by atoms with E-state index in [4.69, 9.17) is 28.3 Å². The number of carbonyl (C=O) groups is 1. The molecule has 6 heteroatoms. The van der Waals surface area contributed by atoms with Crippen molar-refractivity contribution in [3.63, 3.8) is 0 Å². The molecule has 29 heavy (non-hydrogen) atoms. The highest BCUT2D eigenvalue weighted by Crippen LogP contribution is 2.21. The van der Waals surface area contributed by atoms with E-state index in [-0.39, 0.29) is 16.1 Å². The molecule has 0 atom stereocenters. The molecule has 0 unspecified atom stereocenters. The molecule has 0 amide bonds. The van der Waals surface area contributed by atoms with Crippen molar-refractivity contribution in [2.75, 3.05) is 0 Å². The number of halogens is 2. The minimum absolute atomic E-state index is 0.0592. The highest BCUT2D eigenvalue weighted by atomic mass is 35.5.